The van der Waals surface area contributed by atoms with Crippen molar-refractivity contribution in [2.45, 2.75) is 30.8 Å². The number of methoxy groups -OCH3 is 1. The lowest BCUT2D eigenvalue weighted by Gasteiger charge is -2.16. The van der Waals surface area contributed by atoms with Crippen LogP contribution in [0.4, 0.5) is 0 Å². The minimum Gasteiger partial charge on any atom is -0.383 e. The zero-order chi connectivity index (χ0) is 12.9. The van der Waals surface area contributed by atoms with Crippen LogP contribution in [0.15, 0.2) is 16.3 Å². The lowest BCUT2D eigenvalue weighted by atomic mass is 10.3. The molecule has 3 N–H and O–H groups in total. The highest BCUT2D eigenvalue weighted by molar-refractivity contribution is 7.89. The van der Waals surface area contributed by atoms with Gasteiger partial charge in [-0.3, -0.25) is 0 Å². The molecule has 17 heavy (non-hydrogen) atoms. The Kier molecular flexibility index (Phi) is 5.54. The molecular formula is C10H18N2O3S2. The molecule has 1 atom stereocenters. The Morgan fingerprint density at radius 2 is 2.29 bits per heavy atom. The summed E-state index contributed by atoms with van der Waals surface area (Å²) in [6.45, 7) is 2.50. The Balaban J connectivity index is 2.88. The predicted molar refractivity (Wildman–Crippen MR) is 68.5 cm³/mol. The second kappa shape index (κ2) is 6.46. The van der Waals surface area contributed by atoms with E-state index in [0.29, 0.717) is 17.9 Å². The van der Waals surface area contributed by atoms with Gasteiger partial charge in [-0.05, 0) is 17.9 Å². The third-order valence-corrected chi connectivity index (χ3v) is 5.04. The van der Waals surface area contributed by atoms with Crippen molar-refractivity contribution in [1.82, 2.24) is 4.72 Å². The molecule has 0 aliphatic carbocycles. The Morgan fingerprint density at radius 1 is 1.59 bits per heavy atom. The summed E-state index contributed by atoms with van der Waals surface area (Å²) >= 11 is 1.35. The number of rotatable bonds is 7. The molecule has 0 bridgehead atoms. The van der Waals surface area contributed by atoms with Gasteiger partial charge in [0.1, 0.15) is 0 Å². The fraction of sp³-hybridized carbons (Fsp3) is 0.600. The molecule has 1 rings (SSSR count). The third-order valence-electron chi connectivity index (χ3n) is 2.36. The molecule has 5 nitrogen and oxygen atoms in total. The first kappa shape index (κ1) is 14.6. The van der Waals surface area contributed by atoms with E-state index < -0.39 is 10.0 Å². The molecule has 1 aromatic heterocycles. The molecule has 0 spiro atoms. The van der Waals surface area contributed by atoms with Crippen LogP contribution < -0.4 is 10.5 Å². The second-order valence-corrected chi connectivity index (χ2v) is 6.28. The van der Waals surface area contributed by atoms with Crippen molar-refractivity contribution >= 4 is 21.4 Å². The highest BCUT2D eigenvalue weighted by Gasteiger charge is 2.22. The number of nitrogens with one attached hydrogen (secondary N) is 1. The van der Waals surface area contributed by atoms with Crippen LogP contribution in [0.3, 0.4) is 0 Å². The van der Waals surface area contributed by atoms with Crippen LogP contribution in [-0.2, 0) is 21.3 Å². The molecule has 1 unspecified atom stereocenters. The van der Waals surface area contributed by atoms with Crippen LogP contribution in [0.2, 0.25) is 0 Å². The highest BCUT2D eigenvalue weighted by atomic mass is 32.2. The van der Waals surface area contributed by atoms with Crippen molar-refractivity contribution in [3.8, 4) is 0 Å². The summed E-state index contributed by atoms with van der Waals surface area (Å²) in [5.41, 5.74) is 5.51. The molecule has 0 aliphatic rings. The summed E-state index contributed by atoms with van der Waals surface area (Å²) in [5, 5.41) is 1.73. The number of sulfonamides is 1. The van der Waals surface area contributed by atoms with Crippen molar-refractivity contribution in [2.24, 2.45) is 5.73 Å². The van der Waals surface area contributed by atoms with Gasteiger partial charge >= 0.3 is 0 Å². The van der Waals surface area contributed by atoms with Crippen molar-refractivity contribution < 1.29 is 13.2 Å². The lowest BCUT2D eigenvalue weighted by molar-refractivity contribution is 0.173. The minimum atomic E-state index is -3.49. The van der Waals surface area contributed by atoms with Crippen LogP contribution in [0.1, 0.15) is 18.2 Å². The smallest absolute Gasteiger partial charge is 0.242 e. The van der Waals surface area contributed by atoms with Crippen molar-refractivity contribution in [2.75, 3.05) is 13.7 Å². The Bertz CT molecular complexity index is 442. The third kappa shape index (κ3) is 3.75. The summed E-state index contributed by atoms with van der Waals surface area (Å²) < 4.78 is 31.8. The summed E-state index contributed by atoms with van der Waals surface area (Å²) in [5.74, 6) is 0. The zero-order valence-corrected chi connectivity index (χ0v) is 11.6. The van der Waals surface area contributed by atoms with E-state index in [1.165, 1.54) is 11.3 Å². The van der Waals surface area contributed by atoms with Crippen molar-refractivity contribution in [3.63, 3.8) is 0 Å². The number of hydrogen-bond donors (Lipinski definition) is 2. The quantitative estimate of drug-likeness (QED) is 0.777. The molecule has 0 amide bonds. The van der Waals surface area contributed by atoms with E-state index >= 15 is 0 Å². The first-order valence-corrected chi connectivity index (χ1v) is 7.69. The summed E-state index contributed by atoms with van der Waals surface area (Å²) in [7, 11) is -1.94. The minimum absolute atomic E-state index is 0.212. The van der Waals surface area contributed by atoms with E-state index in [9.17, 15) is 8.42 Å². The van der Waals surface area contributed by atoms with Gasteiger partial charge < -0.3 is 10.5 Å². The van der Waals surface area contributed by atoms with Crippen molar-refractivity contribution in [1.29, 1.82) is 0 Å². The van der Waals surface area contributed by atoms with Crippen LogP contribution in [0.25, 0.3) is 0 Å². The average molecular weight is 278 g/mol. The average Bonchev–Trinajstić information content (AvgIpc) is 2.77. The van der Waals surface area contributed by atoms with Gasteiger partial charge in [0, 0.05) is 24.6 Å². The maximum atomic E-state index is 12.1. The highest BCUT2D eigenvalue weighted by Crippen LogP contribution is 2.21. The number of hydrogen-bond acceptors (Lipinski definition) is 5. The molecule has 0 saturated heterocycles. The fourth-order valence-electron chi connectivity index (χ4n) is 1.44. The summed E-state index contributed by atoms with van der Waals surface area (Å²) in [6, 6.07) is 1.37. The second-order valence-electron chi connectivity index (χ2n) is 3.59. The van der Waals surface area contributed by atoms with Gasteiger partial charge in [0.2, 0.25) is 10.0 Å². The lowest BCUT2D eigenvalue weighted by Crippen LogP contribution is -2.37. The van der Waals surface area contributed by atoms with E-state index in [2.05, 4.69) is 4.72 Å². The number of ether oxygens (including phenoxy) is 1. The van der Waals surface area contributed by atoms with Gasteiger partial charge in [0.25, 0.3) is 0 Å². The van der Waals surface area contributed by atoms with E-state index in [1.54, 1.807) is 18.6 Å². The van der Waals surface area contributed by atoms with Gasteiger partial charge in [0.15, 0.2) is 0 Å². The first-order valence-electron chi connectivity index (χ1n) is 5.32. The molecule has 0 fully saturated rings. The van der Waals surface area contributed by atoms with Crippen molar-refractivity contribution in [3.05, 3.63) is 16.3 Å². The molecular weight excluding hydrogens is 260 g/mol. The van der Waals surface area contributed by atoms with Crippen LogP contribution in [0, 0.1) is 0 Å². The van der Waals surface area contributed by atoms with E-state index in [0.717, 1.165) is 0 Å². The fourth-order valence-corrected chi connectivity index (χ4v) is 4.08. The Hall–Kier alpha value is -0.470. The first-order chi connectivity index (χ1) is 8.05. The van der Waals surface area contributed by atoms with E-state index in [1.807, 2.05) is 6.92 Å². The molecule has 0 saturated carbocycles. The molecule has 1 heterocycles. The standard InChI is InChI=1S/C10H18N2O3S2/c1-3-8(7-15-2)12-17(13,14)10-4-5-16-9(10)6-11/h4-5,8,12H,3,6-7,11H2,1-2H3. The van der Waals surface area contributed by atoms with Gasteiger partial charge in [-0.25, -0.2) is 13.1 Å². The number of thiophene rings is 1. The SMILES string of the molecule is CCC(COC)NS(=O)(=O)c1ccsc1CN. The van der Waals surface area contributed by atoms with Crippen LogP contribution in [0.5, 0.6) is 0 Å². The normalized spacial score (nSPS) is 13.8. The molecule has 1 aromatic rings. The van der Waals surface area contributed by atoms with Gasteiger partial charge in [-0.1, -0.05) is 6.92 Å². The zero-order valence-electron chi connectivity index (χ0n) is 9.97. The topological polar surface area (TPSA) is 81.4 Å². The van der Waals surface area contributed by atoms with Gasteiger partial charge in [0.05, 0.1) is 11.5 Å². The predicted octanol–water partition coefficient (Wildman–Crippen LogP) is 0.910. The van der Waals surface area contributed by atoms with Gasteiger partial charge in [-0.15, -0.1) is 11.3 Å². The maximum Gasteiger partial charge on any atom is 0.242 e. The molecule has 0 aliphatic heterocycles. The summed E-state index contributed by atoms with van der Waals surface area (Å²) in [4.78, 5) is 0.948. The molecule has 7 heteroatoms. The van der Waals surface area contributed by atoms with E-state index in [-0.39, 0.29) is 17.5 Å². The van der Waals surface area contributed by atoms with Gasteiger partial charge in [-0.2, -0.15) is 0 Å². The van der Waals surface area contributed by atoms with Crippen LogP contribution >= 0.6 is 11.3 Å². The summed E-state index contributed by atoms with van der Waals surface area (Å²) in [6.07, 6.45) is 0.676. The largest absolute Gasteiger partial charge is 0.383 e. The monoisotopic (exact) mass is 278 g/mol. The Morgan fingerprint density at radius 3 is 2.82 bits per heavy atom. The molecule has 0 aromatic carbocycles. The molecule has 98 valence electrons. The van der Waals surface area contributed by atoms with Crippen LogP contribution in [-0.4, -0.2) is 28.2 Å². The molecule has 0 radical (unpaired) electrons. The number of nitrogens with two attached hydrogens (primary N) is 1. The maximum absolute atomic E-state index is 12.1. The van der Waals surface area contributed by atoms with E-state index in [4.69, 9.17) is 10.5 Å². The Labute approximate surface area is 106 Å².